The molecule has 27 heavy (non-hydrogen) atoms. The lowest BCUT2D eigenvalue weighted by Gasteiger charge is -2.28. The first kappa shape index (κ1) is 20.1. The van der Waals surface area contributed by atoms with Crippen molar-refractivity contribution in [3.63, 3.8) is 0 Å². The van der Waals surface area contributed by atoms with E-state index in [2.05, 4.69) is 48.3 Å². The fourth-order valence-corrected chi connectivity index (χ4v) is 3.60. The lowest BCUT2D eigenvalue weighted by molar-refractivity contribution is 0.0905. The lowest BCUT2D eigenvalue weighted by atomic mass is 10.0. The summed E-state index contributed by atoms with van der Waals surface area (Å²) in [5.74, 6) is 0.537. The Labute approximate surface area is 172 Å². The second kappa shape index (κ2) is 9.54. The number of nitrogens with one attached hydrogen (secondary N) is 1. The molecular weight excluding hydrogens is 376 g/mol. The van der Waals surface area contributed by atoms with Crippen LogP contribution >= 0.6 is 23.8 Å². The van der Waals surface area contributed by atoms with Gasteiger partial charge >= 0.3 is 0 Å². The number of benzene rings is 2. The first-order valence-corrected chi connectivity index (χ1v) is 10.3. The van der Waals surface area contributed by atoms with Crippen molar-refractivity contribution in [3.05, 3.63) is 64.7 Å². The molecule has 1 atom stereocenters. The van der Waals surface area contributed by atoms with Gasteiger partial charge in [-0.3, -0.25) is 0 Å². The molecule has 3 rings (SSSR count). The van der Waals surface area contributed by atoms with Gasteiger partial charge in [-0.1, -0.05) is 49.7 Å². The highest BCUT2D eigenvalue weighted by atomic mass is 35.5. The van der Waals surface area contributed by atoms with Crippen molar-refractivity contribution in [2.24, 2.45) is 0 Å². The summed E-state index contributed by atoms with van der Waals surface area (Å²) < 4.78 is 5.84. The van der Waals surface area contributed by atoms with Crippen molar-refractivity contribution >= 4 is 34.6 Å². The van der Waals surface area contributed by atoms with Crippen LogP contribution in [0.1, 0.15) is 43.7 Å². The average Bonchev–Trinajstić information content (AvgIpc) is 3.16. The lowest BCUT2D eigenvalue weighted by Crippen LogP contribution is -2.39. The van der Waals surface area contributed by atoms with E-state index in [0.29, 0.717) is 16.1 Å². The van der Waals surface area contributed by atoms with Gasteiger partial charge in [0.15, 0.2) is 5.11 Å². The highest BCUT2D eigenvalue weighted by Gasteiger charge is 2.21. The van der Waals surface area contributed by atoms with Crippen LogP contribution in [0, 0.1) is 0 Å². The molecule has 0 radical (unpaired) electrons. The molecule has 144 valence electrons. The van der Waals surface area contributed by atoms with Crippen molar-refractivity contribution in [1.82, 2.24) is 4.90 Å². The van der Waals surface area contributed by atoms with Crippen LogP contribution in [0.3, 0.4) is 0 Å². The number of hydrogen-bond acceptors (Lipinski definition) is 2. The minimum absolute atomic E-state index is 0.241. The second-order valence-electron chi connectivity index (χ2n) is 7.35. The van der Waals surface area contributed by atoms with E-state index in [4.69, 9.17) is 28.6 Å². The molecule has 1 fully saturated rings. The van der Waals surface area contributed by atoms with Gasteiger partial charge in [0.05, 0.1) is 6.10 Å². The van der Waals surface area contributed by atoms with Crippen molar-refractivity contribution in [1.29, 1.82) is 0 Å². The number of rotatable bonds is 6. The number of anilines is 1. The van der Waals surface area contributed by atoms with E-state index in [1.54, 1.807) is 0 Å². The largest absolute Gasteiger partial charge is 0.376 e. The number of hydrogen-bond donors (Lipinski definition) is 1. The van der Waals surface area contributed by atoms with Crippen LogP contribution in [-0.2, 0) is 11.3 Å². The van der Waals surface area contributed by atoms with E-state index >= 15 is 0 Å². The van der Waals surface area contributed by atoms with E-state index in [0.717, 1.165) is 38.2 Å². The van der Waals surface area contributed by atoms with Crippen molar-refractivity contribution in [3.8, 4) is 0 Å². The standard InChI is InChI=1S/C22H27ClN2OS/c1-16(2)18-7-5-17(6-8-18)14-25(15-21-4-3-13-26-21)22(27)24-20-11-9-19(23)10-12-20/h5-12,16,21H,3-4,13-15H2,1-2H3,(H,24,27). The van der Waals surface area contributed by atoms with Crippen LogP contribution < -0.4 is 5.32 Å². The van der Waals surface area contributed by atoms with E-state index in [9.17, 15) is 0 Å². The van der Waals surface area contributed by atoms with Gasteiger partial charge < -0.3 is 15.0 Å². The molecule has 0 aromatic heterocycles. The van der Waals surface area contributed by atoms with Gasteiger partial charge in [-0.2, -0.15) is 0 Å². The summed E-state index contributed by atoms with van der Waals surface area (Å²) >= 11 is 11.7. The minimum Gasteiger partial charge on any atom is -0.376 e. The summed E-state index contributed by atoms with van der Waals surface area (Å²) in [6.07, 6.45) is 2.45. The Balaban J connectivity index is 1.70. The normalized spacial score (nSPS) is 16.5. The molecule has 3 nitrogen and oxygen atoms in total. The molecule has 1 N–H and O–H groups in total. The summed E-state index contributed by atoms with van der Waals surface area (Å²) in [6.45, 7) is 6.83. The number of nitrogens with zero attached hydrogens (tertiary/aromatic N) is 1. The monoisotopic (exact) mass is 402 g/mol. The van der Waals surface area contributed by atoms with Crippen molar-refractivity contribution in [2.45, 2.75) is 45.3 Å². The first-order valence-electron chi connectivity index (χ1n) is 9.53. The minimum atomic E-state index is 0.241. The van der Waals surface area contributed by atoms with E-state index in [-0.39, 0.29) is 6.10 Å². The third-order valence-electron chi connectivity index (χ3n) is 4.85. The third-order valence-corrected chi connectivity index (χ3v) is 5.46. The highest BCUT2D eigenvalue weighted by Crippen LogP contribution is 2.20. The SMILES string of the molecule is CC(C)c1ccc(CN(CC2CCCO2)C(=S)Nc2ccc(Cl)cc2)cc1. The maximum Gasteiger partial charge on any atom is 0.173 e. The van der Waals surface area contributed by atoms with Crippen LogP contribution in [0.2, 0.25) is 5.02 Å². The number of thiocarbonyl (C=S) groups is 1. The maximum absolute atomic E-state index is 5.98. The summed E-state index contributed by atoms with van der Waals surface area (Å²) in [6, 6.07) is 16.4. The Hall–Kier alpha value is -1.62. The van der Waals surface area contributed by atoms with Crippen LogP contribution in [0.25, 0.3) is 0 Å². The summed E-state index contributed by atoms with van der Waals surface area (Å²) in [5.41, 5.74) is 3.54. The summed E-state index contributed by atoms with van der Waals surface area (Å²) in [5, 5.41) is 4.76. The molecule has 1 aliphatic rings. The summed E-state index contributed by atoms with van der Waals surface area (Å²) in [4.78, 5) is 2.20. The Morgan fingerprint density at radius 2 is 1.89 bits per heavy atom. The summed E-state index contributed by atoms with van der Waals surface area (Å²) in [7, 11) is 0. The van der Waals surface area contributed by atoms with Gasteiger partial charge in [-0.05, 0) is 66.4 Å². The molecule has 2 aromatic carbocycles. The Bertz CT molecular complexity index is 740. The van der Waals surface area contributed by atoms with Gasteiger partial charge in [0, 0.05) is 30.4 Å². The molecule has 0 aliphatic carbocycles. The van der Waals surface area contributed by atoms with Crippen LogP contribution in [0.5, 0.6) is 0 Å². The predicted octanol–water partition coefficient (Wildman–Crippen LogP) is 5.84. The zero-order valence-electron chi connectivity index (χ0n) is 16.0. The van der Waals surface area contributed by atoms with E-state index in [1.807, 2.05) is 24.3 Å². The molecule has 0 bridgehead atoms. The topological polar surface area (TPSA) is 24.5 Å². The second-order valence-corrected chi connectivity index (χ2v) is 8.17. The third kappa shape index (κ3) is 5.93. The highest BCUT2D eigenvalue weighted by molar-refractivity contribution is 7.80. The molecule has 2 aromatic rings. The van der Waals surface area contributed by atoms with Gasteiger partial charge in [-0.15, -0.1) is 0 Å². The zero-order chi connectivity index (χ0) is 19.2. The van der Waals surface area contributed by atoms with Crippen molar-refractivity contribution < 1.29 is 4.74 Å². The van der Waals surface area contributed by atoms with Gasteiger partial charge in [0.1, 0.15) is 0 Å². The van der Waals surface area contributed by atoms with Crippen molar-refractivity contribution in [2.75, 3.05) is 18.5 Å². The molecule has 1 saturated heterocycles. The van der Waals surface area contributed by atoms with Crippen LogP contribution in [0.15, 0.2) is 48.5 Å². The molecule has 0 amide bonds. The first-order chi connectivity index (χ1) is 13.0. The molecule has 1 unspecified atom stereocenters. The molecule has 1 heterocycles. The number of halogens is 1. The van der Waals surface area contributed by atoms with E-state index in [1.165, 1.54) is 11.1 Å². The van der Waals surface area contributed by atoms with Gasteiger partial charge in [-0.25, -0.2) is 0 Å². The van der Waals surface area contributed by atoms with Gasteiger partial charge in [0.25, 0.3) is 0 Å². The fourth-order valence-electron chi connectivity index (χ4n) is 3.22. The molecule has 1 aliphatic heterocycles. The Kier molecular flexibility index (Phi) is 7.11. The Morgan fingerprint density at radius 3 is 2.48 bits per heavy atom. The zero-order valence-corrected chi connectivity index (χ0v) is 17.5. The Morgan fingerprint density at radius 1 is 1.19 bits per heavy atom. The van der Waals surface area contributed by atoms with Crippen LogP contribution in [0.4, 0.5) is 5.69 Å². The fraction of sp³-hybridized carbons (Fsp3) is 0.409. The molecular formula is C22H27ClN2OS. The number of ether oxygens (including phenoxy) is 1. The smallest absolute Gasteiger partial charge is 0.173 e. The molecule has 5 heteroatoms. The van der Waals surface area contributed by atoms with Gasteiger partial charge in [0.2, 0.25) is 0 Å². The van der Waals surface area contributed by atoms with E-state index < -0.39 is 0 Å². The maximum atomic E-state index is 5.98. The average molecular weight is 403 g/mol. The molecule has 0 saturated carbocycles. The molecule has 0 spiro atoms. The van der Waals surface area contributed by atoms with Crippen LogP contribution in [-0.4, -0.2) is 29.3 Å². The quantitative estimate of drug-likeness (QED) is 0.613. The predicted molar refractivity (Wildman–Crippen MR) is 118 cm³/mol.